The van der Waals surface area contributed by atoms with Crippen molar-refractivity contribution in [3.63, 3.8) is 0 Å². The molecule has 154 valence electrons. The molecule has 4 rings (SSSR count). The quantitative estimate of drug-likeness (QED) is 0.450. The molecule has 3 nitrogen and oxygen atoms in total. The third-order valence-electron chi connectivity index (χ3n) is 5.65. The van der Waals surface area contributed by atoms with Gasteiger partial charge in [-0.25, -0.2) is 4.79 Å². The minimum Gasteiger partial charge on any atom is -0.511 e. The Balaban J connectivity index is 1.67. The van der Waals surface area contributed by atoms with E-state index in [0.717, 1.165) is 27.8 Å². The van der Waals surface area contributed by atoms with Gasteiger partial charge >= 0.3 is 5.97 Å². The number of carbonyl (C=O) groups is 1. The maximum absolute atomic E-state index is 13.0. The molecule has 0 fully saturated rings. The van der Waals surface area contributed by atoms with E-state index in [9.17, 15) is 9.90 Å². The van der Waals surface area contributed by atoms with Gasteiger partial charge in [0, 0.05) is 17.7 Å². The number of rotatable bonds is 6. The highest BCUT2D eigenvalue weighted by Crippen LogP contribution is 2.42. The van der Waals surface area contributed by atoms with Crippen molar-refractivity contribution >= 4 is 28.5 Å². The second-order valence-electron chi connectivity index (χ2n) is 7.96. The van der Waals surface area contributed by atoms with Crippen molar-refractivity contribution in [2.75, 3.05) is 0 Å². The predicted octanol–water partition coefficient (Wildman–Crippen LogP) is 6.74. The lowest BCUT2D eigenvalue weighted by Crippen LogP contribution is -2.41. The minimum atomic E-state index is -0.726. The standard InChI is InChI=1S/C26H26O3S/c1-3-15-26(16-20-12-8-11-19-10-5-6-13-21(19)20)17-22(27)24(25(28)29-26)30-23-14-7-4-9-18(23)2/h4-14,27H,3,15-17H2,1-2H3. The van der Waals surface area contributed by atoms with Crippen LogP contribution in [0.2, 0.25) is 0 Å². The van der Waals surface area contributed by atoms with Crippen molar-refractivity contribution in [3.05, 3.63) is 88.5 Å². The van der Waals surface area contributed by atoms with Crippen LogP contribution < -0.4 is 0 Å². The van der Waals surface area contributed by atoms with Gasteiger partial charge in [-0.15, -0.1) is 0 Å². The average Bonchev–Trinajstić information content (AvgIpc) is 2.72. The molecule has 3 aromatic rings. The van der Waals surface area contributed by atoms with E-state index in [4.69, 9.17) is 4.74 Å². The molecule has 1 unspecified atom stereocenters. The van der Waals surface area contributed by atoms with E-state index < -0.39 is 11.6 Å². The van der Waals surface area contributed by atoms with E-state index in [2.05, 4.69) is 31.2 Å². The van der Waals surface area contributed by atoms with Crippen molar-refractivity contribution in [3.8, 4) is 0 Å². The van der Waals surface area contributed by atoms with Crippen LogP contribution in [-0.4, -0.2) is 16.7 Å². The van der Waals surface area contributed by atoms with Gasteiger partial charge in [0.25, 0.3) is 0 Å². The Kier molecular flexibility index (Phi) is 5.87. The van der Waals surface area contributed by atoms with Crippen LogP contribution in [0.3, 0.4) is 0 Å². The first-order chi connectivity index (χ1) is 14.5. The fraction of sp³-hybridized carbons (Fsp3) is 0.269. The molecule has 1 atom stereocenters. The first-order valence-electron chi connectivity index (χ1n) is 10.4. The lowest BCUT2D eigenvalue weighted by Gasteiger charge is -2.37. The summed E-state index contributed by atoms with van der Waals surface area (Å²) in [6, 6.07) is 22.3. The van der Waals surface area contributed by atoms with Crippen LogP contribution in [0.15, 0.2) is 82.3 Å². The van der Waals surface area contributed by atoms with Gasteiger partial charge in [0.2, 0.25) is 0 Å². The summed E-state index contributed by atoms with van der Waals surface area (Å²) >= 11 is 1.29. The normalized spacial score (nSPS) is 19.2. The summed E-state index contributed by atoms with van der Waals surface area (Å²) in [5.74, 6) is -0.297. The highest BCUT2D eigenvalue weighted by atomic mass is 32.2. The monoisotopic (exact) mass is 418 g/mol. The van der Waals surface area contributed by atoms with E-state index in [1.165, 1.54) is 17.1 Å². The second-order valence-corrected chi connectivity index (χ2v) is 9.01. The van der Waals surface area contributed by atoms with E-state index in [1.807, 2.05) is 49.4 Å². The number of aliphatic hydroxyl groups is 1. The molecular weight excluding hydrogens is 392 g/mol. The highest BCUT2D eigenvalue weighted by Gasteiger charge is 2.42. The summed E-state index contributed by atoms with van der Waals surface area (Å²) < 4.78 is 6.08. The number of cyclic esters (lactones) is 1. The SMILES string of the molecule is CCCC1(Cc2cccc3ccccc23)CC(O)=C(Sc2ccccc2C)C(=O)O1. The maximum Gasteiger partial charge on any atom is 0.349 e. The van der Waals surface area contributed by atoms with E-state index in [-0.39, 0.29) is 5.76 Å². The van der Waals surface area contributed by atoms with Gasteiger partial charge in [-0.1, -0.05) is 85.8 Å². The van der Waals surface area contributed by atoms with Gasteiger partial charge in [0.05, 0.1) is 0 Å². The molecule has 0 aromatic heterocycles. The van der Waals surface area contributed by atoms with Crippen molar-refractivity contribution in [1.82, 2.24) is 0 Å². The third kappa shape index (κ3) is 4.10. The molecular formula is C26H26O3S. The van der Waals surface area contributed by atoms with Crippen LogP contribution in [0, 0.1) is 6.92 Å². The number of hydrogen-bond donors (Lipinski definition) is 1. The zero-order chi connectivity index (χ0) is 21.1. The first-order valence-corrected chi connectivity index (χ1v) is 11.2. The zero-order valence-electron chi connectivity index (χ0n) is 17.4. The third-order valence-corrected chi connectivity index (χ3v) is 6.93. The molecule has 1 N–H and O–H groups in total. The number of hydrogen-bond acceptors (Lipinski definition) is 4. The molecule has 0 radical (unpaired) electrons. The lowest BCUT2D eigenvalue weighted by molar-refractivity contribution is -0.158. The summed E-state index contributed by atoms with van der Waals surface area (Å²) in [5, 5.41) is 13.2. The highest BCUT2D eigenvalue weighted by molar-refractivity contribution is 8.04. The van der Waals surface area contributed by atoms with E-state index in [0.29, 0.717) is 24.2 Å². The fourth-order valence-corrected chi connectivity index (χ4v) is 5.15. The van der Waals surface area contributed by atoms with Gasteiger partial charge in [-0.3, -0.25) is 0 Å². The molecule has 3 aromatic carbocycles. The van der Waals surface area contributed by atoms with Crippen LogP contribution in [-0.2, 0) is 16.0 Å². The number of carbonyl (C=O) groups excluding carboxylic acids is 1. The minimum absolute atomic E-state index is 0.133. The molecule has 1 heterocycles. The van der Waals surface area contributed by atoms with E-state index >= 15 is 0 Å². The Bertz CT molecular complexity index is 1110. The first kappa shape index (κ1) is 20.5. The van der Waals surface area contributed by atoms with Crippen LogP contribution in [0.4, 0.5) is 0 Å². The molecule has 0 saturated carbocycles. The summed E-state index contributed by atoms with van der Waals surface area (Å²) in [6.07, 6.45) is 2.49. The number of esters is 1. The van der Waals surface area contributed by atoms with Crippen LogP contribution >= 0.6 is 11.8 Å². The smallest absolute Gasteiger partial charge is 0.349 e. The molecule has 1 aliphatic heterocycles. The Labute approximate surface area is 181 Å². The number of benzene rings is 3. The largest absolute Gasteiger partial charge is 0.511 e. The number of fused-ring (bicyclic) bond motifs is 1. The van der Waals surface area contributed by atoms with Crippen molar-refractivity contribution < 1.29 is 14.6 Å². The molecule has 0 bridgehead atoms. The molecule has 0 spiro atoms. The molecule has 1 aliphatic rings. The summed E-state index contributed by atoms with van der Waals surface area (Å²) in [5.41, 5.74) is 1.48. The Hall–Kier alpha value is -2.72. The summed E-state index contributed by atoms with van der Waals surface area (Å²) in [7, 11) is 0. The Morgan fingerprint density at radius 2 is 1.77 bits per heavy atom. The van der Waals surface area contributed by atoms with Crippen molar-refractivity contribution in [1.29, 1.82) is 0 Å². The lowest BCUT2D eigenvalue weighted by atomic mass is 9.83. The molecule has 0 amide bonds. The van der Waals surface area contributed by atoms with Crippen LogP contribution in [0.25, 0.3) is 10.8 Å². The molecule has 0 aliphatic carbocycles. The topological polar surface area (TPSA) is 46.5 Å². The number of aliphatic hydroxyl groups excluding tert-OH is 1. The second kappa shape index (κ2) is 8.57. The van der Waals surface area contributed by atoms with Gasteiger partial charge in [0.15, 0.2) is 0 Å². The number of thioether (sulfide) groups is 1. The van der Waals surface area contributed by atoms with Gasteiger partial charge in [-0.05, 0) is 41.3 Å². The van der Waals surface area contributed by atoms with Gasteiger partial charge < -0.3 is 9.84 Å². The number of aryl methyl sites for hydroxylation is 1. The molecule has 30 heavy (non-hydrogen) atoms. The zero-order valence-corrected chi connectivity index (χ0v) is 18.2. The fourth-order valence-electron chi connectivity index (χ4n) is 4.24. The molecule has 4 heteroatoms. The molecule has 0 saturated heterocycles. The van der Waals surface area contributed by atoms with Crippen molar-refractivity contribution in [2.24, 2.45) is 0 Å². The summed E-state index contributed by atoms with van der Waals surface area (Å²) in [6.45, 7) is 4.08. The predicted molar refractivity (Wildman–Crippen MR) is 123 cm³/mol. The summed E-state index contributed by atoms with van der Waals surface area (Å²) in [4.78, 5) is 14.3. The van der Waals surface area contributed by atoms with Gasteiger partial charge in [0.1, 0.15) is 16.3 Å². The van der Waals surface area contributed by atoms with Crippen LogP contribution in [0.1, 0.15) is 37.3 Å². The Morgan fingerprint density at radius 1 is 1.03 bits per heavy atom. The van der Waals surface area contributed by atoms with Gasteiger partial charge in [-0.2, -0.15) is 0 Å². The average molecular weight is 419 g/mol. The Morgan fingerprint density at radius 3 is 2.53 bits per heavy atom. The van der Waals surface area contributed by atoms with E-state index in [1.54, 1.807) is 0 Å². The van der Waals surface area contributed by atoms with Crippen molar-refractivity contribution in [2.45, 2.75) is 50.0 Å². The van der Waals surface area contributed by atoms with Crippen LogP contribution in [0.5, 0.6) is 0 Å². The maximum atomic E-state index is 13.0. The number of ether oxygens (including phenoxy) is 1.